The summed E-state index contributed by atoms with van der Waals surface area (Å²) in [4.78, 5) is 23.7. The molecule has 1 fully saturated rings. The highest BCUT2D eigenvalue weighted by atomic mass is 19.4. The predicted molar refractivity (Wildman–Crippen MR) is 83.8 cm³/mol. The van der Waals surface area contributed by atoms with E-state index in [9.17, 15) is 22.8 Å². The summed E-state index contributed by atoms with van der Waals surface area (Å²) in [5.74, 6) is -1.94. The summed E-state index contributed by atoms with van der Waals surface area (Å²) in [5, 5.41) is 2.75. The van der Waals surface area contributed by atoms with E-state index < -0.39 is 12.1 Å². The van der Waals surface area contributed by atoms with E-state index in [2.05, 4.69) is 5.32 Å². The molecular weight excluding hydrogens is 321 g/mol. The van der Waals surface area contributed by atoms with Gasteiger partial charge in [-0.15, -0.1) is 0 Å². The van der Waals surface area contributed by atoms with Crippen LogP contribution in [0, 0.1) is 5.92 Å². The average molecular weight is 340 g/mol. The van der Waals surface area contributed by atoms with Gasteiger partial charge in [-0.05, 0) is 30.4 Å². The molecule has 130 valence electrons. The number of nitrogens with zero attached hydrogens (tertiary/aromatic N) is 1. The zero-order chi connectivity index (χ0) is 17.6. The van der Waals surface area contributed by atoms with Crippen molar-refractivity contribution in [3.05, 3.63) is 42.0 Å². The second kappa shape index (κ2) is 7.99. The van der Waals surface area contributed by atoms with Gasteiger partial charge >= 0.3 is 12.1 Å². The van der Waals surface area contributed by atoms with Crippen LogP contribution in [-0.4, -0.2) is 42.5 Å². The lowest BCUT2D eigenvalue weighted by Crippen LogP contribution is -2.46. The lowest BCUT2D eigenvalue weighted by molar-refractivity contribution is -0.186. The molecule has 4 nitrogen and oxygen atoms in total. The first-order chi connectivity index (χ1) is 11.4. The van der Waals surface area contributed by atoms with Crippen molar-refractivity contribution in [3.8, 4) is 0 Å². The minimum Gasteiger partial charge on any atom is -0.352 e. The summed E-state index contributed by atoms with van der Waals surface area (Å²) in [6.45, 7) is 0.531. The molecule has 1 aliphatic heterocycles. The van der Waals surface area contributed by atoms with E-state index in [0.717, 1.165) is 10.5 Å². The number of rotatable bonds is 4. The smallest absolute Gasteiger partial charge is 0.352 e. The molecule has 1 heterocycles. The maximum atomic E-state index is 12.4. The fourth-order valence-corrected chi connectivity index (χ4v) is 2.56. The largest absolute Gasteiger partial charge is 0.471 e. The molecule has 0 unspecified atom stereocenters. The quantitative estimate of drug-likeness (QED) is 0.857. The number of alkyl halides is 3. The molecule has 0 saturated carbocycles. The van der Waals surface area contributed by atoms with Crippen molar-refractivity contribution in [2.24, 2.45) is 5.92 Å². The second-order valence-corrected chi connectivity index (χ2v) is 5.72. The molecule has 2 rings (SSSR count). The molecule has 0 radical (unpaired) electrons. The molecule has 7 heteroatoms. The molecule has 1 aromatic carbocycles. The first-order valence-corrected chi connectivity index (χ1v) is 7.73. The number of hydrogen-bond acceptors (Lipinski definition) is 2. The third-order valence-electron chi connectivity index (χ3n) is 3.94. The van der Waals surface area contributed by atoms with Crippen molar-refractivity contribution in [1.82, 2.24) is 10.2 Å². The van der Waals surface area contributed by atoms with Crippen LogP contribution in [-0.2, 0) is 9.59 Å². The maximum Gasteiger partial charge on any atom is 0.471 e. The third kappa shape index (κ3) is 5.40. The Kier molecular flexibility index (Phi) is 6.00. The van der Waals surface area contributed by atoms with E-state index in [1.165, 1.54) is 6.08 Å². The second-order valence-electron chi connectivity index (χ2n) is 5.72. The molecule has 1 N–H and O–H groups in total. The van der Waals surface area contributed by atoms with Crippen molar-refractivity contribution < 1.29 is 22.8 Å². The van der Waals surface area contributed by atoms with Gasteiger partial charge < -0.3 is 10.2 Å². The molecule has 2 amide bonds. The number of likely N-dealkylation sites (tertiary alicyclic amines) is 1. The minimum absolute atomic E-state index is 0.0682. The van der Waals surface area contributed by atoms with Gasteiger partial charge in [0.05, 0.1) is 0 Å². The number of benzene rings is 1. The van der Waals surface area contributed by atoms with E-state index in [1.54, 1.807) is 6.08 Å². The van der Waals surface area contributed by atoms with Gasteiger partial charge in [0.25, 0.3) is 0 Å². The SMILES string of the molecule is O=C(/C=C\c1ccccc1)NCC1CCN(C(=O)C(F)(F)F)CC1. The van der Waals surface area contributed by atoms with Gasteiger partial charge in [0.1, 0.15) is 0 Å². The molecule has 0 bridgehead atoms. The van der Waals surface area contributed by atoms with E-state index in [4.69, 9.17) is 0 Å². The topological polar surface area (TPSA) is 49.4 Å². The highest BCUT2D eigenvalue weighted by Crippen LogP contribution is 2.23. The molecule has 1 aliphatic rings. The van der Waals surface area contributed by atoms with Gasteiger partial charge in [0.2, 0.25) is 5.91 Å². The van der Waals surface area contributed by atoms with Crippen LogP contribution < -0.4 is 5.32 Å². The summed E-state index contributed by atoms with van der Waals surface area (Å²) < 4.78 is 37.1. The number of carbonyl (C=O) groups is 2. The van der Waals surface area contributed by atoms with E-state index in [0.29, 0.717) is 19.4 Å². The first-order valence-electron chi connectivity index (χ1n) is 7.73. The Morgan fingerprint density at radius 3 is 2.38 bits per heavy atom. The van der Waals surface area contributed by atoms with Crippen LogP contribution in [0.5, 0.6) is 0 Å². The predicted octanol–water partition coefficient (Wildman–Crippen LogP) is 2.62. The van der Waals surface area contributed by atoms with Gasteiger partial charge in [0.15, 0.2) is 0 Å². The van der Waals surface area contributed by atoms with E-state index in [1.807, 2.05) is 30.3 Å². The van der Waals surface area contributed by atoms with Crippen molar-refractivity contribution in [1.29, 1.82) is 0 Å². The summed E-state index contributed by atoms with van der Waals surface area (Å²) >= 11 is 0. The highest BCUT2D eigenvalue weighted by molar-refractivity contribution is 5.91. The molecule has 1 saturated heterocycles. The zero-order valence-corrected chi connectivity index (χ0v) is 13.1. The number of carbonyl (C=O) groups excluding carboxylic acids is 2. The van der Waals surface area contributed by atoms with Crippen molar-refractivity contribution in [2.75, 3.05) is 19.6 Å². The lowest BCUT2D eigenvalue weighted by Gasteiger charge is -2.32. The molecule has 0 aromatic heterocycles. The molecule has 24 heavy (non-hydrogen) atoms. The molecule has 1 aromatic rings. The van der Waals surface area contributed by atoms with Gasteiger partial charge in [0, 0.05) is 25.7 Å². The zero-order valence-electron chi connectivity index (χ0n) is 13.1. The van der Waals surface area contributed by atoms with Gasteiger partial charge in [-0.25, -0.2) is 0 Å². The number of nitrogens with one attached hydrogen (secondary N) is 1. The Bertz CT molecular complexity index is 592. The Balaban J connectivity index is 1.72. The number of hydrogen-bond donors (Lipinski definition) is 1. The normalized spacial score (nSPS) is 16.4. The lowest BCUT2D eigenvalue weighted by atomic mass is 9.96. The Labute approximate surface area is 138 Å². The molecule has 0 aliphatic carbocycles. The number of halogens is 3. The van der Waals surface area contributed by atoms with E-state index in [-0.39, 0.29) is 24.9 Å². The van der Waals surface area contributed by atoms with Crippen molar-refractivity contribution in [2.45, 2.75) is 19.0 Å². The van der Waals surface area contributed by atoms with Crippen molar-refractivity contribution >= 4 is 17.9 Å². The first kappa shape index (κ1) is 18.0. The third-order valence-corrected chi connectivity index (χ3v) is 3.94. The maximum absolute atomic E-state index is 12.4. The van der Waals surface area contributed by atoms with Crippen LogP contribution in [0.1, 0.15) is 18.4 Å². The van der Waals surface area contributed by atoms with Gasteiger partial charge in [-0.1, -0.05) is 30.3 Å². The fraction of sp³-hybridized carbons (Fsp3) is 0.412. The standard InChI is InChI=1S/C17H19F3N2O2/c18-17(19,20)16(24)22-10-8-14(9-11-22)12-21-15(23)7-6-13-4-2-1-3-5-13/h1-7,14H,8-12H2,(H,21,23)/b7-6-. The van der Waals surface area contributed by atoms with E-state index >= 15 is 0 Å². The fourth-order valence-electron chi connectivity index (χ4n) is 2.56. The van der Waals surface area contributed by atoms with Crippen LogP contribution in [0.25, 0.3) is 6.08 Å². The summed E-state index contributed by atoms with van der Waals surface area (Å²) in [5.41, 5.74) is 0.909. The minimum atomic E-state index is -4.82. The van der Waals surface area contributed by atoms with Gasteiger partial charge in [-0.2, -0.15) is 13.2 Å². The van der Waals surface area contributed by atoms with Crippen LogP contribution in [0.4, 0.5) is 13.2 Å². The van der Waals surface area contributed by atoms with Crippen molar-refractivity contribution in [3.63, 3.8) is 0 Å². The van der Waals surface area contributed by atoms with Crippen LogP contribution >= 0.6 is 0 Å². The number of piperidine rings is 1. The summed E-state index contributed by atoms with van der Waals surface area (Å²) in [7, 11) is 0. The molecule has 0 spiro atoms. The number of amides is 2. The van der Waals surface area contributed by atoms with Gasteiger partial charge in [-0.3, -0.25) is 9.59 Å². The summed E-state index contributed by atoms with van der Waals surface area (Å²) in [6.07, 6.45) is -0.796. The van der Waals surface area contributed by atoms with Crippen LogP contribution in [0.3, 0.4) is 0 Å². The van der Waals surface area contributed by atoms with Crippen LogP contribution in [0.2, 0.25) is 0 Å². The Morgan fingerprint density at radius 2 is 1.79 bits per heavy atom. The molecule has 0 atom stereocenters. The Morgan fingerprint density at radius 1 is 1.17 bits per heavy atom. The Hall–Kier alpha value is -2.31. The molecular formula is C17H19F3N2O2. The monoisotopic (exact) mass is 340 g/mol. The average Bonchev–Trinajstić information content (AvgIpc) is 2.58. The highest BCUT2D eigenvalue weighted by Gasteiger charge is 2.43. The summed E-state index contributed by atoms with van der Waals surface area (Å²) in [6, 6.07) is 9.36. The van der Waals surface area contributed by atoms with Crippen LogP contribution in [0.15, 0.2) is 36.4 Å².